The monoisotopic (exact) mass is 160 g/mol. The SMILES string of the molecule is NNC1(P)CCCCCC1. The number of rotatable bonds is 1. The second-order valence-corrected chi connectivity index (χ2v) is 4.32. The molecule has 0 aromatic carbocycles. The summed E-state index contributed by atoms with van der Waals surface area (Å²) in [7, 11) is 2.84. The first-order valence-electron chi connectivity index (χ1n) is 4.03. The standard InChI is InChI=1S/C7H17N2P/c8-9-7(10)5-3-1-2-4-6-7/h9H,1-6,8,10H2. The molecule has 2 nitrogen and oxygen atoms in total. The normalized spacial score (nSPS) is 25.8. The van der Waals surface area contributed by atoms with E-state index < -0.39 is 0 Å². The Labute approximate surface area is 65.1 Å². The van der Waals surface area contributed by atoms with E-state index in [1.54, 1.807) is 0 Å². The third-order valence-electron chi connectivity index (χ3n) is 2.28. The Balaban J connectivity index is 2.41. The summed E-state index contributed by atoms with van der Waals surface area (Å²) in [6, 6.07) is 0. The largest absolute Gasteiger partial charge is 0.271 e. The van der Waals surface area contributed by atoms with Gasteiger partial charge in [-0.25, -0.2) is 0 Å². The molecule has 0 amide bonds. The van der Waals surface area contributed by atoms with E-state index >= 15 is 0 Å². The highest BCUT2D eigenvalue weighted by Gasteiger charge is 2.23. The molecular formula is C7H17N2P. The molecule has 0 saturated heterocycles. The maximum Gasteiger partial charge on any atom is 0.0458 e. The van der Waals surface area contributed by atoms with Gasteiger partial charge in [-0.3, -0.25) is 11.3 Å². The van der Waals surface area contributed by atoms with E-state index in [4.69, 9.17) is 5.84 Å². The number of nitrogens with two attached hydrogens (primary N) is 1. The van der Waals surface area contributed by atoms with Crippen LogP contribution in [-0.2, 0) is 0 Å². The molecule has 1 unspecified atom stereocenters. The molecule has 1 aliphatic carbocycles. The predicted octanol–water partition coefficient (Wildman–Crippen LogP) is 1.38. The van der Waals surface area contributed by atoms with Crippen LogP contribution in [0.4, 0.5) is 0 Å². The number of hydrogen-bond donors (Lipinski definition) is 2. The average Bonchev–Trinajstić information content (AvgIpc) is 2.15. The van der Waals surface area contributed by atoms with Gasteiger partial charge in [0.15, 0.2) is 0 Å². The molecule has 1 rings (SSSR count). The number of hydrogen-bond acceptors (Lipinski definition) is 2. The fraction of sp³-hybridized carbons (Fsp3) is 1.00. The molecule has 3 heteroatoms. The fourth-order valence-electron chi connectivity index (χ4n) is 1.50. The Morgan fingerprint density at radius 2 is 1.60 bits per heavy atom. The van der Waals surface area contributed by atoms with Gasteiger partial charge in [0.25, 0.3) is 0 Å². The molecule has 0 heterocycles. The quantitative estimate of drug-likeness (QED) is 0.263. The molecule has 0 bridgehead atoms. The van der Waals surface area contributed by atoms with Gasteiger partial charge in [0.2, 0.25) is 0 Å². The van der Waals surface area contributed by atoms with Crippen molar-refractivity contribution in [2.75, 3.05) is 0 Å². The summed E-state index contributed by atoms with van der Waals surface area (Å²) >= 11 is 0. The first kappa shape index (κ1) is 8.45. The molecule has 0 radical (unpaired) electrons. The van der Waals surface area contributed by atoms with Gasteiger partial charge in [-0.1, -0.05) is 25.7 Å². The molecule has 0 aliphatic heterocycles. The third kappa shape index (κ3) is 2.19. The summed E-state index contributed by atoms with van der Waals surface area (Å²) in [5.74, 6) is 5.44. The highest BCUT2D eigenvalue weighted by atomic mass is 31.0. The van der Waals surface area contributed by atoms with E-state index in [1.807, 2.05) is 0 Å². The van der Waals surface area contributed by atoms with Crippen molar-refractivity contribution in [2.45, 2.75) is 43.8 Å². The van der Waals surface area contributed by atoms with Crippen molar-refractivity contribution in [3.63, 3.8) is 0 Å². The minimum absolute atomic E-state index is 0.149. The lowest BCUT2D eigenvalue weighted by atomic mass is 10.1. The minimum atomic E-state index is 0.149. The van der Waals surface area contributed by atoms with Crippen molar-refractivity contribution in [2.24, 2.45) is 5.84 Å². The first-order chi connectivity index (χ1) is 4.77. The van der Waals surface area contributed by atoms with Gasteiger partial charge in [0, 0.05) is 5.28 Å². The second kappa shape index (κ2) is 3.66. The van der Waals surface area contributed by atoms with Crippen LogP contribution in [0.15, 0.2) is 0 Å². The van der Waals surface area contributed by atoms with Crippen molar-refractivity contribution in [1.82, 2.24) is 5.43 Å². The van der Waals surface area contributed by atoms with Gasteiger partial charge in [-0.2, -0.15) is 0 Å². The average molecular weight is 160 g/mol. The van der Waals surface area contributed by atoms with E-state index in [-0.39, 0.29) is 5.28 Å². The summed E-state index contributed by atoms with van der Waals surface area (Å²) in [6.07, 6.45) is 7.78. The van der Waals surface area contributed by atoms with Gasteiger partial charge in [-0.15, -0.1) is 9.24 Å². The second-order valence-electron chi connectivity index (χ2n) is 3.21. The Morgan fingerprint density at radius 1 is 1.10 bits per heavy atom. The van der Waals surface area contributed by atoms with E-state index in [9.17, 15) is 0 Å². The van der Waals surface area contributed by atoms with Crippen LogP contribution in [0, 0.1) is 0 Å². The van der Waals surface area contributed by atoms with Gasteiger partial charge in [0.1, 0.15) is 0 Å². The Hall–Kier alpha value is 0.350. The van der Waals surface area contributed by atoms with Crippen molar-refractivity contribution >= 4 is 9.24 Å². The summed E-state index contributed by atoms with van der Waals surface area (Å²) < 4.78 is 0. The molecule has 1 fully saturated rings. The van der Waals surface area contributed by atoms with Crippen molar-refractivity contribution in [1.29, 1.82) is 0 Å². The molecule has 3 N–H and O–H groups in total. The van der Waals surface area contributed by atoms with Gasteiger partial charge >= 0.3 is 0 Å². The number of nitrogens with one attached hydrogen (secondary N) is 1. The maximum absolute atomic E-state index is 5.44. The van der Waals surface area contributed by atoms with Gasteiger partial charge in [0.05, 0.1) is 0 Å². The molecular weight excluding hydrogens is 143 g/mol. The zero-order valence-corrected chi connectivity index (χ0v) is 7.55. The highest BCUT2D eigenvalue weighted by molar-refractivity contribution is 7.18. The van der Waals surface area contributed by atoms with Crippen LogP contribution in [-0.4, -0.2) is 5.28 Å². The van der Waals surface area contributed by atoms with Crippen LogP contribution in [0.2, 0.25) is 0 Å². The zero-order chi connectivity index (χ0) is 7.45. The van der Waals surface area contributed by atoms with Crippen molar-refractivity contribution in [3.8, 4) is 0 Å². The first-order valence-corrected chi connectivity index (χ1v) is 4.61. The van der Waals surface area contributed by atoms with E-state index in [1.165, 1.54) is 38.5 Å². The lowest BCUT2D eigenvalue weighted by molar-refractivity contribution is 0.424. The summed E-state index contributed by atoms with van der Waals surface area (Å²) in [4.78, 5) is 0. The maximum atomic E-state index is 5.44. The molecule has 60 valence electrons. The zero-order valence-electron chi connectivity index (χ0n) is 6.40. The minimum Gasteiger partial charge on any atom is -0.271 e. The molecule has 0 aromatic heterocycles. The van der Waals surface area contributed by atoms with Crippen LogP contribution in [0.1, 0.15) is 38.5 Å². The third-order valence-corrected chi connectivity index (χ3v) is 3.03. The van der Waals surface area contributed by atoms with Crippen LogP contribution < -0.4 is 11.3 Å². The van der Waals surface area contributed by atoms with Crippen LogP contribution in [0.25, 0.3) is 0 Å². The van der Waals surface area contributed by atoms with Gasteiger partial charge < -0.3 is 0 Å². The van der Waals surface area contributed by atoms with Crippen molar-refractivity contribution in [3.05, 3.63) is 0 Å². The van der Waals surface area contributed by atoms with Crippen molar-refractivity contribution < 1.29 is 0 Å². The van der Waals surface area contributed by atoms with Crippen LogP contribution >= 0.6 is 9.24 Å². The molecule has 0 spiro atoms. The summed E-state index contributed by atoms with van der Waals surface area (Å²) in [6.45, 7) is 0. The van der Waals surface area contributed by atoms with Gasteiger partial charge in [-0.05, 0) is 12.8 Å². The molecule has 0 aromatic rings. The number of hydrazine groups is 1. The lowest BCUT2D eigenvalue weighted by Crippen LogP contribution is -2.43. The Bertz CT molecular complexity index is 97.8. The molecule has 1 aliphatic rings. The lowest BCUT2D eigenvalue weighted by Gasteiger charge is -2.26. The Morgan fingerprint density at radius 3 is 2.00 bits per heavy atom. The fourth-order valence-corrected chi connectivity index (χ4v) is 1.91. The topological polar surface area (TPSA) is 38.0 Å². The van der Waals surface area contributed by atoms with E-state index in [0.717, 1.165) is 0 Å². The van der Waals surface area contributed by atoms with E-state index in [0.29, 0.717) is 0 Å². The van der Waals surface area contributed by atoms with Crippen LogP contribution in [0.5, 0.6) is 0 Å². The Kier molecular flexibility index (Phi) is 3.09. The van der Waals surface area contributed by atoms with Crippen LogP contribution in [0.3, 0.4) is 0 Å². The molecule has 10 heavy (non-hydrogen) atoms. The summed E-state index contributed by atoms with van der Waals surface area (Å²) in [5.41, 5.74) is 2.88. The summed E-state index contributed by atoms with van der Waals surface area (Å²) in [5, 5.41) is 0.149. The van der Waals surface area contributed by atoms with E-state index in [2.05, 4.69) is 14.7 Å². The smallest absolute Gasteiger partial charge is 0.0458 e. The molecule has 1 saturated carbocycles. The highest BCUT2D eigenvalue weighted by Crippen LogP contribution is 2.31. The molecule has 1 atom stereocenters. The predicted molar refractivity (Wildman–Crippen MR) is 47.5 cm³/mol.